The van der Waals surface area contributed by atoms with Crippen molar-refractivity contribution in [2.24, 2.45) is 5.92 Å². The molecular formula is C10H19N3. The van der Waals surface area contributed by atoms with Gasteiger partial charge in [0.1, 0.15) is 0 Å². The number of nitriles is 1. The average molecular weight is 181 g/mol. The first-order chi connectivity index (χ1) is 6.06. The van der Waals surface area contributed by atoms with Crippen molar-refractivity contribution in [1.29, 1.82) is 5.26 Å². The van der Waals surface area contributed by atoms with E-state index in [1.165, 1.54) is 0 Å². The van der Waals surface area contributed by atoms with E-state index >= 15 is 0 Å². The topological polar surface area (TPSA) is 30.3 Å². The van der Waals surface area contributed by atoms with Crippen molar-refractivity contribution in [3.05, 3.63) is 0 Å². The summed E-state index contributed by atoms with van der Waals surface area (Å²) in [6.07, 6.45) is 0. The molecule has 1 fully saturated rings. The third kappa shape index (κ3) is 2.20. The van der Waals surface area contributed by atoms with Gasteiger partial charge in [-0.1, -0.05) is 6.92 Å². The zero-order valence-corrected chi connectivity index (χ0v) is 8.99. The molecule has 0 spiro atoms. The fraction of sp³-hybridized carbons (Fsp3) is 0.900. The summed E-state index contributed by atoms with van der Waals surface area (Å²) in [5.74, 6) is 0.672. The highest BCUT2D eigenvalue weighted by atomic mass is 15.3. The lowest BCUT2D eigenvalue weighted by molar-refractivity contribution is 0.244. The number of likely N-dealkylation sites (tertiary alicyclic amines) is 1. The van der Waals surface area contributed by atoms with Crippen LogP contribution < -0.4 is 0 Å². The Morgan fingerprint density at radius 3 is 2.46 bits per heavy atom. The lowest BCUT2D eigenvalue weighted by Gasteiger charge is -2.23. The maximum absolute atomic E-state index is 8.80. The summed E-state index contributed by atoms with van der Waals surface area (Å²) >= 11 is 0. The van der Waals surface area contributed by atoms with Gasteiger partial charge in [-0.05, 0) is 26.9 Å². The van der Waals surface area contributed by atoms with Crippen LogP contribution in [0.1, 0.15) is 13.8 Å². The number of rotatable bonds is 2. The molecule has 0 aliphatic carbocycles. The van der Waals surface area contributed by atoms with E-state index in [1.807, 2.05) is 6.92 Å². The Kier molecular flexibility index (Phi) is 3.29. The second-order valence-electron chi connectivity index (χ2n) is 4.27. The van der Waals surface area contributed by atoms with Gasteiger partial charge in [0.25, 0.3) is 0 Å². The SMILES string of the molecule is CC1CN(C(C)C#N)CC1N(C)C. The summed E-state index contributed by atoms with van der Waals surface area (Å²) in [6, 6.07) is 2.96. The normalized spacial score (nSPS) is 32.0. The zero-order valence-electron chi connectivity index (χ0n) is 8.99. The Hall–Kier alpha value is -0.590. The van der Waals surface area contributed by atoms with Crippen LogP contribution in [0.3, 0.4) is 0 Å². The lowest BCUT2D eigenvalue weighted by Crippen LogP contribution is -2.36. The summed E-state index contributed by atoms with van der Waals surface area (Å²) in [5, 5.41) is 8.80. The molecule has 1 saturated heterocycles. The van der Waals surface area contributed by atoms with Gasteiger partial charge in [0.15, 0.2) is 0 Å². The fourth-order valence-corrected chi connectivity index (χ4v) is 2.06. The Morgan fingerprint density at radius 1 is 1.46 bits per heavy atom. The van der Waals surface area contributed by atoms with Gasteiger partial charge >= 0.3 is 0 Å². The van der Waals surface area contributed by atoms with Crippen LogP contribution in [0.4, 0.5) is 0 Å². The predicted molar refractivity (Wildman–Crippen MR) is 53.3 cm³/mol. The molecule has 0 aromatic rings. The minimum absolute atomic E-state index is 0.0624. The quantitative estimate of drug-likeness (QED) is 0.630. The molecule has 1 rings (SSSR count). The van der Waals surface area contributed by atoms with Crippen molar-refractivity contribution in [2.75, 3.05) is 27.2 Å². The second kappa shape index (κ2) is 4.08. The molecule has 0 amide bonds. The zero-order chi connectivity index (χ0) is 10.0. The van der Waals surface area contributed by atoms with Gasteiger partial charge in [-0.2, -0.15) is 5.26 Å². The molecule has 0 aromatic heterocycles. The van der Waals surface area contributed by atoms with Gasteiger partial charge in [-0.25, -0.2) is 0 Å². The molecule has 0 radical (unpaired) electrons. The van der Waals surface area contributed by atoms with Gasteiger partial charge < -0.3 is 4.90 Å². The first-order valence-corrected chi connectivity index (χ1v) is 4.86. The molecule has 13 heavy (non-hydrogen) atoms. The average Bonchev–Trinajstić information content (AvgIpc) is 2.46. The third-order valence-electron chi connectivity index (χ3n) is 3.00. The first kappa shape index (κ1) is 10.5. The molecule has 1 heterocycles. The van der Waals surface area contributed by atoms with Gasteiger partial charge in [0, 0.05) is 19.1 Å². The van der Waals surface area contributed by atoms with Crippen LogP contribution in [0.15, 0.2) is 0 Å². The van der Waals surface area contributed by atoms with E-state index in [1.54, 1.807) is 0 Å². The maximum Gasteiger partial charge on any atom is 0.0950 e. The lowest BCUT2D eigenvalue weighted by atomic mass is 10.1. The molecule has 1 aliphatic rings. The van der Waals surface area contributed by atoms with Crippen molar-refractivity contribution >= 4 is 0 Å². The van der Waals surface area contributed by atoms with Crippen LogP contribution >= 0.6 is 0 Å². The van der Waals surface area contributed by atoms with Crippen molar-refractivity contribution in [1.82, 2.24) is 9.80 Å². The van der Waals surface area contributed by atoms with Crippen LogP contribution in [-0.2, 0) is 0 Å². The fourth-order valence-electron chi connectivity index (χ4n) is 2.06. The first-order valence-electron chi connectivity index (χ1n) is 4.86. The standard InChI is InChI=1S/C10H19N3/c1-8-6-13(9(2)5-11)7-10(8)12(3)4/h8-10H,6-7H2,1-4H3. The molecule has 0 bridgehead atoms. The molecule has 3 heteroatoms. The highest BCUT2D eigenvalue weighted by Crippen LogP contribution is 2.21. The molecule has 74 valence electrons. The van der Waals surface area contributed by atoms with Crippen molar-refractivity contribution in [2.45, 2.75) is 25.9 Å². The largest absolute Gasteiger partial charge is 0.305 e. The van der Waals surface area contributed by atoms with E-state index in [4.69, 9.17) is 5.26 Å². The number of likely N-dealkylation sites (N-methyl/N-ethyl adjacent to an activating group) is 1. The smallest absolute Gasteiger partial charge is 0.0950 e. The number of hydrogen-bond donors (Lipinski definition) is 0. The summed E-state index contributed by atoms with van der Waals surface area (Å²) < 4.78 is 0. The molecule has 3 nitrogen and oxygen atoms in total. The van der Waals surface area contributed by atoms with Gasteiger partial charge in [0.2, 0.25) is 0 Å². The van der Waals surface area contributed by atoms with E-state index in [-0.39, 0.29) is 6.04 Å². The van der Waals surface area contributed by atoms with Gasteiger partial charge in [-0.15, -0.1) is 0 Å². The Balaban J connectivity index is 2.56. The number of nitrogens with zero attached hydrogens (tertiary/aromatic N) is 3. The monoisotopic (exact) mass is 181 g/mol. The van der Waals surface area contributed by atoms with Crippen LogP contribution in [0.5, 0.6) is 0 Å². The summed E-state index contributed by atoms with van der Waals surface area (Å²) in [7, 11) is 4.23. The Morgan fingerprint density at radius 2 is 2.08 bits per heavy atom. The minimum atomic E-state index is 0.0624. The Bertz CT molecular complexity index is 207. The third-order valence-corrected chi connectivity index (χ3v) is 3.00. The predicted octanol–water partition coefficient (Wildman–Crippen LogP) is 0.780. The molecular weight excluding hydrogens is 162 g/mol. The summed E-state index contributed by atoms with van der Waals surface area (Å²) in [5.41, 5.74) is 0. The van der Waals surface area contributed by atoms with E-state index in [0.29, 0.717) is 12.0 Å². The highest BCUT2D eigenvalue weighted by Gasteiger charge is 2.32. The maximum atomic E-state index is 8.80. The van der Waals surface area contributed by atoms with Gasteiger partial charge in [-0.3, -0.25) is 4.90 Å². The van der Waals surface area contributed by atoms with E-state index < -0.39 is 0 Å². The van der Waals surface area contributed by atoms with E-state index in [0.717, 1.165) is 13.1 Å². The van der Waals surface area contributed by atoms with Crippen LogP contribution in [0, 0.1) is 17.2 Å². The van der Waals surface area contributed by atoms with Crippen molar-refractivity contribution in [3.63, 3.8) is 0 Å². The number of hydrogen-bond acceptors (Lipinski definition) is 3. The van der Waals surface area contributed by atoms with Crippen LogP contribution in [-0.4, -0.2) is 49.1 Å². The van der Waals surface area contributed by atoms with Gasteiger partial charge in [0.05, 0.1) is 12.1 Å². The van der Waals surface area contributed by atoms with Crippen LogP contribution in [0.2, 0.25) is 0 Å². The highest BCUT2D eigenvalue weighted by molar-refractivity contribution is 4.96. The van der Waals surface area contributed by atoms with Crippen molar-refractivity contribution in [3.8, 4) is 6.07 Å². The van der Waals surface area contributed by atoms with Crippen LogP contribution in [0.25, 0.3) is 0 Å². The second-order valence-corrected chi connectivity index (χ2v) is 4.27. The van der Waals surface area contributed by atoms with Crippen molar-refractivity contribution < 1.29 is 0 Å². The molecule has 3 atom stereocenters. The molecule has 0 N–H and O–H groups in total. The summed E-state index contributed by atoms with van der Waals surface area (Å²) in [4.78, 5) is 4.52. The minimum Gasteiger partial charge on any atom is -0.305 e. The Labute approximate surface area is 80.9 Å². The molecule has 1 aliphatic heterocycles. The van der Waals surface area contributed by atoms with E-state index in [9.17, 15) is 0 Å². The molecule has 3 unspecified atom stereocenters. The van der Waals surface area contributed by atoms with E-state index in [2.05, 4.69) is 36.9 Å². The molecule has 0 aromatic carbocycles. The summed E-state index contributed by atoms with van der Waals surface area (Å²) in [6.45, 7) is 6.32. The molecule has 0 saturated carbocycles.